The molecule has 2 saturated heterocycles. The topological polar surface area (TPSA) is 140 Å². The summed E-state index contributed by atoms with van der Waals surface area (Å²) in [7, 11) is 0. The lowest BCUT2D eigenvalue weighted by atomic mass is 9.77. The Morgan fingerprint density at radius 3 is 2.48 bits per heavy atom. The number of amides is 4. The van der Waals surface area contributed by atoms with Crippen LogP contribution in [0.5, 0.6) is 0 Å². The van der Waals surface area contributed by atoms with Gasteiger partial charge in [-0.25, -0.2) is 0 Å². The predicted molar refractivity (Wildman–Crippen MR) is 151 cm³/mol. The van der Waals surface area contributed by atoms with Gasteiger partial charge in [0.1, 0.15) is 24.1 Å². The number of likely N-dealkylation sites (tertiary alicyclic amines) is 1. The first-order valence-electron chi connectivity index (χ1n) is 14.0. The van der Waals surface area contributed by atoms with E-state index in [-0.39, 0.29) is 30.1 Å². The molecule has 0 saturated carbocycles. The number of aldehydes is 1. The summed E-state index contributed by atoms with van der Waals surface area (Å²) < 4.78 is 0. The fourth-order valence-electron chi connectivity index (χ4n) is 5.81. The van der Waals surface area contributed by atoms with Crippen molar-refractivity contribution in [2.75, 3.05) is 13.1 Å². The highest BCUT2D eigenvalue weighted by Gasteiger charge is 2.53. The highest BCUT2D eigenvalue weighted by atomic mass is 16.2. The first-order chi connectivity index (χ1) is 18.7. The number of benzene rings is 1. The Labute approximate surface area is 235 Å². The number of nitrogens with one attached hydrogen (secondary N) is 4. The van der Waals surface area contributed by atoms with Crippen LogP contribution in [-0.4, -0.2) is 71.0 Å². The summed E-state index contributed by atoms with van der Waals surface area (Å²) in [6, 6.07) is 6.68. The summed E-state index contributed by atoms with van der Waals surface area (Å²) in [5.74, 6) is -1.68. The van der Waals surface area contributed by atoms with Gasteiger partial charge in [-0.15, -0.1) is 0 Å². The quantitative estimate of drug-likeness (QED) is 0.373. The van der Waals surface area contributed by atoms with Crippen molar-refractivity contribution >= 4 is 40.8 Å². The molecule has 40 heavy (non-hydrogen) atoms. The largest absolute Gasteiger partial charge is 0.356 e. The molecule has 5 atom stereocenters. The van der Waals surface area contributed by atoms with Crippen molar-refractivity contribution in [1.82, 2.24) is 25.8 Å². The van der Waals surface area contributed by atoms with Crippen LogP contribution in [0.15, 0.2) is 30.3 Å². The van der Waals surface area contributed by atoms with Gasteiger partial charge in [0.15, 0.2) is 0 Å². The normalized spacial score (nSPS) is 23.9. The van der Waals surface area contributed by atoms with Gasteiger partial charge in [0.25, 0.3) is 5.91 Å². The number of nitrogens with zero attached hydrogens (tertiary/aromatic N) is 1. The molecule has 4 rings (SSSR count). The van der Waals surface area contributed by atoms with Crippen LogP contribution in [0.25, 0.3) is 10.9 Å². The molecule has 1 aromatic heterocycles. The summed E-state index contributed by atoms with van der Waals surface area (Å²) in [4.78, 5) is 69.7. The molecule has 2 aliphatic heterocycles. The van der Waals surface area contributed by atoms with Gasteiger partial charge in [-0.05, 0) is 41.7 Å². The van der Waals surface area contributed by atoms with E-state index in [1.54, 1.807) is 11.0 Å². The van der Waals surface area contributed by atoms with E-state index in [0.717, 1.165) is 10.9 Å². The zero-order valence-electron chi connectivity index (χ0n) is 24.2. The number of fused-ring (bicyclic) bond motifs is 1. The van der Waals surface area contributed by atoms with Gasteiger partial charge in [0.2, 0.25) is 17.7 Å². The molecule has 216 valence electrons. The molecule has 3 heterocycles. The van der Waals surface area contributed by atoms with E-state index < -0.39 is 40.8 Å². The molecule has 0 aliphatic carbocycles. The second-order valence-electron chi connectivity index (χ2n) is 12.9. The van der Waals surface area contributed by atoms with Crippen LogP contribution >= 0.6 is 0 Å². The van der Waals surface area contributed by atoms with Crippen LogP contribution in [0.1, 0.15) is 64.9 Å². The van der Waals surface area contributed by atoms with Gasteiger partial charge >= 0.3 is 0 Å². The number of rotatable bonds is 8. The highest BCUT2D eigenvalue weighted by Crippen LogP contribution is 2.42. The minimum atomic E-state index is -0.910. The minimum absolute atomic E-state index is 0.0208. The lowest BCUT2D eigenvalue weighted by Gasteiger charge is -2.38. The second-order valence-corrected chi connectivity index (χ2v) is 12.9. The van der Waals surface area contributed by atoms with Crippen molar-refractivity contribution in [3.63, 3.8) is 0 Å². The maximum Gasteiger partial charge on any atom is 0.268 e. The van der Waals surface area contributed by atoms with Crippen LogP contribution in [0.3, 0.4) is 0 Å². The fraction of sp³-hybridized carbons (Fsp3) is 0.567. The highest BCUT2D eigenvalue weighted by molar-refractivity contribution is 6.01. The standard InChI is InChI=1S/C30H41N5O5/c1-17-15-35(24(30(17,5)6)27(39)32-20(16-36)13-19-11-12-31-25(19)37)28(40)23(29(2,3)4)34-26(38)22-14-18-9-7-8-10-21(18)33-22/h7-10,14,16-17,19-20,23-24,33H,11-13,15H2,1-6H3,(H,31,37)(H,32,39)(H,34,38)/t17-,19+,20+,23-,24-/m1/s1. The van der Waals surface area contributed by atoms with Crippen LogP contribution in [0.4, 0.5) is 0 Å². The Hall–Kier alpha value is -3.69. The molecule has 0 unspecified atom stereocenters. The molecule has 2 fully saturated rings. The molecule has 4 N–H and O–H groups in total. The number of carbonyl (C=O) groups is 5. The monoisotopic (exact) mass is 551 g/mol. The molecule has 10 heteroatoms. The van der Waals surface area contributed by atoms with E-state index in [0.29, 0.717) is 31.5 Å². The number of aromatic nitrogens is 1. The minimum Gasteiger partial charge on any atom is -0.356 e. The van der Waals surface area contributed by atoms with E-state index in [2.05, 4.69) is 20.9 Å². The SMILES string of the molecule is C[C@@H]1CN(C(=O)[C@@H](NC(=O)c2cc3ccccc3[nH]2)C(C)(C)C)[C@H](C(=O)N[C@H](C=O)C[C@@H]2CCNC2=O)C1(C)C. The van der Waals surface area contributed by atoms with E-state index >= 15 is 0 Å². The van der Waals surface area contributed by atoms with Crippen molar-refractivity contribution in [3.8, 4) is 0 Å². The Kier molecular flexibility index (Phi) is 8.10. The number of H-pyrrole nitrogens is 1. The van der Waals surface area contributed by atoms with Crippen LogP contribution in [0, 0.1) is 22.7 Å². The Balaban J connectivity index is 1.56. The summed E-state index contributed by atoms with van der Waals surface area (Å²) >= 11 is 0. The van der Waals surface area contributed by atoms with Crippen molar-refractivity contribution in [1.29, 1.82) is 0 Å². The van der Waals surface area contributed by atoms with E-state index in [1.165, 1.54) is 0 Å². The summed E-state index contributed by atoms with van der Waals surface area (Å²) in [6.07, 6.45) is 1.47. The maximum atomic E-state index is 14.2. The van der Waals surface area contributed by atoms with Crippen LogP contribution in [-0.2, 0) is 19.2 Å². The Morgan fingerprint density at radius 2 is 1.88 bits per heavy atom. The summed E-state index contributed by atoms with van der Waals surface area (Å²) in [5.41, 5.74) is -0.0891. The molecule has 10 nitrogen and oxygen atoms in total. The lowest BCUT2D eigenvalue weighted by Crippen LogP contribution is -2.60. The Bertz CT molecular complexity index is 1280. The van der Waals surface area contributed by atoms with Crippen molar-refractivity contribution in [2.45, 2.75) is 72.5 Å². The summed E-state index contributed by atoms with van der Waals surface area (Å²) in [5, 5.41) is 9.37. The number of carbonyl (C=O) groups excluding carboxylic acids is 5. The van der Waals surface area contributed by atoms with Crippen molar-refractivity contribution in [3.05, 3.63) is 36.0 Å². The zero-order valence-corrected chi connectivity index (χ0v) is 24.2. The van der Waals surface area contributed by atoms with Crippen LogP contribution < -0.4 is 16.0 Å². The lowest BCUT2D eigenvalue weighted by molar-refractivity contribution is -0.144. The van der Waals surface area contributed by atoms with Crippen molar-refractivity contribution in [2.24, 2.45) is 22.7 Å². The van der Waals surface area contributed by atoms with Gasteiger partial charge in [0, 0.05) is 29.9 Å². The molecule has 2 aliphatic rings. The van der Waals surface area contributed by atoms with Crippen molar-refractivity contribution < 1.29 is 24.0 Å². The first-order valence-corrected chi connectivity index (χ1v) is 14.0. The van der Waals surface area contributed by atoms with Gasteiger partial charge in [-0.1, -0.05) is 59.7 Å². The van der Waals surface area contributed by atoms with E-state index in [9.17, 15) is 24.0 Å². The smallest absolute Gasteiger partial charge is 0.268 e. The van der Waals surface area contributed by atoms with Gasteiger partial charge in [0.05, 0.1) is 6.04 Å². The van der Waals surface area contributed by atoms with Gasteiger partial charge < -0.3 is 30.6 Å². The maximum absolute atomic E-state index is 14.2. The molecule has 0 radical (unpaired) electrons. The molecule has 4 amide bonds. The molecule has 0 spiro atoms. The second kappa shape index (κ2) is 11.1. The fourth-order valence-corrected chi connectivity index (χ4v) is 5.81. The third kappa shape index (κ3) is 5.76. The van der Waals surface area contributed by atoms with Gasteiger partial charge in [-0.3, -0.25) is 19.2 Å². The number of hydrogen-bond donors (Lipinski definition) is 4. The number of hydrogen-bond acceptors (Lipinski definition) is 5. The molecule has 0 bridgehead atoms. The van der Waals surface area contributed by atoms with E-state index in [4.69, 9.17) is 0 Å². The molecule has 1 aromatic carbocycles. The zero-order chi connectivity index (χ0) is 29.4. The van der Waals surface area contributed by atoms with Crippen LogP contribution in [0.2, 0.25) is 0 Å². The molecular weight excluding hydrogens is 510 g/mol. The molecule has 2 aromatic rings. The predicted octanol–water partition coefficient (Wildman–Crippen LogP) is 2.40. The van der Waals surface area contributed by atoms with Gasteiger partial charge in [-0.2, -0.15) is 0 Å². The average Bonchev–Trinajstić information content (AvgIpc) is 3.56. The third-order valence-electron chi connectivity index (χ3n) is 8.64. The average molecular weight is 552 g/mol. The van der Waals surface area contributed by atoms with E-state index in [1.807, 2.05) is 65.8 Å². The Morgan fingerprint density at radius 1 is 1.18 bits per heavy atom. The first kappa shape index (κ1) is 29.3. The molecular formula is C30H41N5O5. The number of aromatic amines is 1. The third-order valence-corrected chi connectivity index (χ3v) is 8.64. The number of para-hydroxylation sites is 1. The summed E-state index contributed by atoms with van der Waals surface area (Å²) in [6.45, 7) is 12.4.